The second-order valence-corrected chi connectivity index (χ2v) is 6.61. The van der Waals surface area contributed by atoms with E-state index < -0.39 is 0 Å². The zero-order valence-corrected chi connectivity index (χ0v) is 18.5. The van der Waals surface area contributed by atoms with E-state index in [-0.39, 0.29) is 0 Å². The Balaban J connectivity index is 2.51. The van der Waals surface area contributed by atoms with Gasteiger partial charge in [0.25, 0.3) is 0 Å². The summed E-state index contributed by atoms with van der Waals surface area (Å²) in [5.74, 6) is 1.10. The highest BCUT2D eigenvalue weighted by Gasteiger charge is 2.09. The van der Waals surface area contributed by atoms with E-state index in [9.17, 15) is 0 Å². The smallest absolute Gasteiger partial charge is 0.161 e. The fourth-order valence-corrected chi connectivity index (χ4v) is 3.16. The fourth-order valence-electron chi connectivity index (χ4n) is 3.16. The average Bonchev–Trinajstić information content (AvgIpc) is 2.82. The summed E-state index contributed by atoms with van der Waals surface area (Å²) < 4.78 is 0. The van der Waals surface area contributed by atoms with Crippen molar-refractivity contribution in [2.24, 2.45) is 15.0 Å². The molecule has 31 heavy (non-hydrogen) atoms. The lowest BCUT2D eigenvalue weighted by molar-refractivity contribution is 1.37. The molecule has 0 saturated heterocycles. The highest BCUT2D eigenvalue weighted by Crippen LogP contribution is 2.20. The predicted molar refractivity (Wildman–Crippen MR) is 138 cm³/mol. The van der Waals surface area contributed by atoms with Gasteiger partial charge >= 0.3 is 0 Å². The largest absolute Gasteiger partial charge is 0.270 e. The van der Waals surface area contributed by atoms with Gasteiger partial charge in [0.15, 0.2) is 11.7 Å². The van der Waals surface area contributed by atoms with Gasteiger partial charge in [0.1, 0.15) is 0 Å². The number of rotatable bonds is 7. The molecule has 3 heteroatoms. The number of nitrogens with zero attached hydrogens (tertiary/aromatic N) is 3. The van der Waals surface area contributed by atoms with Crippen molar-refractivity contribution >= 4 is 29.5 Å². The molecular weight excluding hydrogens is 378 g/mol. The number of aliphatic imine (C=N–C) groups is 3. The minimum atomic E-state index is 0.509. The van der Waals surface area contributed by atoms with Crippen molar-refractivity contribution < 1.29 is 0 Å². The van der Waals surface area contributed by atoms with Crippen LogP contribution in [0.5, 0.6) is 0 Å². The molecule has 0 amide bonds. The molecule has 0 bridgehead atoms. The van der Waals surface area contributed by atoms with E-state index in [4.69, 9.17) is 4.99 Å². The molecule has 2 aromatic carbocycles. The maximum atomic E-state index is 4.73. The first kappa shape index (κ1) is 23.4. The summed E-state index contributed by atoms with van der Waals surface area (Å²) >= 11 is 0. The Hall–Kier alpha value is -3.85. The van der Waals surface area contributed by atoms with E-state index in [0.717, 1.165) is 33.4 Å². The van der Waals surface area contributed by atoms with Crippen molar-refractivity contribution in [3.05, 3.63) is 120 Å². The molecule has 0 atom stereocenters. The molecule has 156 valence electrons. The highest BCUT2D eigenvalue weighted by atomic mass is 15.0. The summed E-state index contributed by atoms with van der Waals surface area (Å²) in [5.41, 5.74) is 5.99. The molecule has 3 nitrogen and oxygen atoms in total. The number of allylic oxidation sites excluding steroid dienone is 8. The number of hydrogen-bond acceptors (Lipinski definition) is 1. The van der Waals surface area contributed by atoms with Crippen LogP contribution in [-0.2, 0) is 0 Å². The molecule has 0 saturated carbocycles. The zero-order chi connectivity index (χ0) is 22.6. The Labute approximate surface area is 186 Å². The summed E-state index contributed by atoms with van der Waals surface area (Å²) in [6.07, 6.45) is 11.7. The van der Waals surface area contributed by atoms with Crippen LogP contribution in [0, 0.1) is 0 Å². The molecule has 2 rings (SSSR count). The monoisotopic (exact) mass is 407 g/mol. The van der Waals surface area contributed by atoms with Gasteiger partial charge in [-0.2, -0.15) is 0 Å². The zero-order valence-electron chi connectivity index (χ0n) is 18.5. The van der Waals surface area contributed by atoms with Crippen LogP contribution in [0.3, 0.4) is 0 Å². The van der Waals surface area contributed by atoms with E-state index in [1.54, 1.807) is 19.2 Å². The highest BCUT2D eigenvalue weighted by molar-refractivity contribution is 6.13. The maximum absolute atomic E-state index is 4.73. The van der Waals surface area contributed by atoms with Crippen LogP contribution in [0.1, 0.15) is 36.1 Å². The second-order valence-electron chi connectivity index (χ2n) is 6.61. The molecule has 0 radical (unpaired) electrons. The van der Waals surface area contributed by atoms with E-state index in [1.807, 2.05) is 62.4 Å². The van der Waals surface area contributed by atoms with Gasteiger partial charge in [-0.05, 0) is 55.0 Å². The van der Waals surface area contributed by atoms with Gasteiger partial charge in [-0.3, -0.25) is 4.99 Å². The quantitative estimate of drug-likeness (QED) is 0.271. The van der Waals surface area contributed by atoms with Gasteiger partial charge in [-0.1, -0.05) is 86.0 Å². The lowest BCUT2D eigenvalue weighted by Gasteiger charge is -2.09. The molecule has 0 unspecified atom stereocenters. The third-order valence-electron chi connectivity index (χ3n) is 4.66. The molecule has 0 aliphatic rings. The number of hydrogen-bond donors (Lipinski definition) is 0. The Kier molecular flexibility index (Phi) is 9.06. The lowest BCUT2D eigenvalue weighted by atomic mass is 10.0. The Morgan fingerprint density at radius 3 is 1.90 bits per heavy atom. The van der Waals surface area contributed by atoms with Crippen molar-refractivity contribution in [2.45, 2.75) is 13.8 Å². The van der Waals surface area contributed by atoms with Crippen LogP contribution in [0.2, 0.25) is 0 Å². The van der Waals surface area contributed by atoms with Crippen LogP contribution in [0.25, 0.3) is 11.1 Å². The third kappa shape index (κ3) is 6.06. The standard InChI is InChI=1S/C28H29N3/c1-7-13-21(9-3)23-15-11-17-25(19-23)27(29-5)31-28(30-6)26-18-12-16-24(20-26)22(10-4)14-8-2/h7-20H,1,3,5H2,2,4,6H3/b14-8-,21-13+,22-10+,30-28?,31-27?. The van der Waals surface area contributed by atoms with E-state index >= 15 is 0 Å². The van der Waals surface area contributed by atoms with E-state index in [2.05, 4.69) is 54.1 Å². The molecule has 0 spiro atoms. The van der Waals surface area contributed by atoms with Crippen molar-refractivity contribution in [3.8, 4) is 0 Å². The topological polar surface area (TPSA) is 37.1 Å². The summed E-state index contributed by atoms with van der Waals surface area (Å²) in [6, 6.07) is 16.1. The molecule has 0 aliphatic carbocycles. The molecule has 2 aromatic rings. The van der Waals surface area contributed by atoms with Crippen molar-refractivity contribution in [2.75, 3.05) is 7.05 Å². The third-order valence-corrected chi connectivity index (χ3v) is 4.66. The van der Waals surface area contributed by atoms with E-state index in [1.165, 1.54) is 0 Å². The van der Waals surface area contributed by atoms with Crippen LogP contribution in [-0.4, -0.2) is 25.4 Å². The molecule has 0 aromatic heterocycles. The SMILES string of the molecule is C=C/C=C(\C=C)c1cccc(C(N=C)=NC(=NC)c2cccc(C(/C=C\C)=C/C)c2)c1. The average molecular weight is 408 g/mol. The van der Waals surface area contributed by atoms with Gasteiger partial charge in [-0.15, -0.1) is 0 Å². The summed E-state index contributed by atoms with van der Waals surface area (Å²) in [6.45, 7) is 15.4. The van der Waals surface area contributed by atoms with Crippen LogP contribution in [0.15, 0.2) is 113 Å². The maximum Gasteiger partial charge on any atom is 0.161 e. The van der Waals surface area contributed by atoms with Gasteiger partial charge in [-0.25, -0.2) is 9.98 Å². The van der Waals surface area contributed by atoms with Crippen LogP contribution >= 0.6 is 0 Å². The number of benzene rings is 2. The summed E-state index contributed by atoms with van der Waals surface area (Å²) in [7, 11) is 1.73. The van der Waals surface area contributed by atoms with Crippen LogP contribution < -0.4 is 0 Å². The normalized spacial score (nSPS) is 13.4. The molecule has 0 aliphatic heterocycles. The Morgan fingerprint density at radius 2 is 1.42 bits per heavy atom. The Morgan fingerprint density at radius 1 is 0.839 bits per heavy atom. The first-order valence-electron chi connectivity index (χ1n) is 10.1. The Bertz CT molecular complexity index is 1110. The minimum Gasteiger partial charge on any atom is -0.270 e. The summed E-state index contributed by atoms with van der Waals surface area (Å²) in [4.78, 5) is 13.3. The van der Waals surface area contributed by atoms with Crippen molar-refractivity contribution in [3.63, 3.8) is 0 Å². The van der Waals surface area contributed by atoms with E-state index in [0.29, 0.717) is 11.7 Å². The first-order chi connectivity index (χ1) is 15.1. The van der Waals surface area contributed by atoms with Crippen molar-refractivity contribution in [1.82, 2.24) is 0 Å². The van der Waals surface area contributed by atoms with Gasteiger partial charge in [0, 0.05) is 18.2 Å². The van der Waals surface area contributed by atoms with Crippen LogP contribution in [0.4, 0.5) is 0 Å². The number of amidine groups is 2. The first-order valence-corrected chi connectivity index (χ1v) is 10.1. The molecule has 0 N–H and O–H groups in total. The minimum absolute atomic E-state index is 0.509. The lowest BCUT2D eigenvalue weighted by Crippen LogP contribution is -2.05. The van der Waals surface area contributed by atoms with Gasteiger partial charge < -0.3 is 0 Å². The second kappa shape index (κ2) is 12.0. The molecule has 0 heterocycles. The van der Waals surface area contributed by atoms with Gasteiger partial charge in [0.05, 0.1) is 0 Å². The van der Waals surface area contributed by atoms with Gasteiger partial charge in [0.2, 0.25) is 0 Å². The van der Waals surface area contributed by atoms with Crippen molar-refractivity contribution in [1.29, 1.82) is 0 Å². The molecule has 0 fully saturated rings. The summed E-state index contributed by atoms with van der Waals surface area (Å²) in [5, 5.41) is 0. The molecular formula is C28H29N3. The predicted octanol–water partition coefficient (Wildman–Crippen LogP) is 6.95. The fraction of sp³-hybridized carbons (Fsp3) is 0.107.